The van der Waals surface area contributed by atoms with Crippen molar-refractivity contribution in [2.45, 2.75) is 46.1 Å². The van der Waals surface area contributed by atoms with Crippen LogP contribution in [0.15, 0.2) is 0 Å². The van der Waals surface area contributed by atoms with Crippen LogP contribution < -0.4 is 0 Å². The van der Waals surface area contributed by atoms with Gasteiger partial charge in [0, 0.05) is 0 Å². The molecule has 1 rings (SSSR count). The molecule has 0 amide bonds. The molecule has 5 heteroatoms. The third kappa shape index (κ3) is 1.94. The van der Waals surface area contributed by atoms with E-state index in [9.17, 15) is 9.90 Å². The summed E-state index contributed by atoms with van der Waals surface area (Å²) in [6.07, 6.45) is 1.30. The Hall–Kier alpha value is -1.03. The highest BCUT2D eigenvalue weighted by Crippen LogP contribution is 2.29. The highest BCUT2D eigenvalue weighted by Gasteiger charge is 2.37. The number of carboxylic acid groups (broad SMARTS) is 1. The number of aryl methyl sites for hydroxylation is 1. The molecule has 0 aliphatic heterocycles. The molecule has 0 saturated carbocycles. The van der Waals surface area contributed by atoms with Gasteiger partial charge in [-0.05, 0) is 27.2 Å². The van der Waals surface area contributed by atoms with Gasteiger partial charge in [-0.1, -0.05) is 24.9 Å². The Kier molecular flexibility index (Phi) is 3.63. The molecule has 0 aromatic carbocycles. The number of nitrogens with zero attached hydrogens (tertiary/aromatic N) is 2. The molecular formula is C11H17ClN2O2. The van der Waals surface area contributed by atoms with E-state index >= 15 is 0 Å². The van der Waals surface area contributed by atoms with Gasteiger partial charge in [-0.15, -0.1) is 0 Å². The zero-order valence-corrected chi connectivity index (χ0v) is 10.8. The van der Waals surface area contributed by atoms with E-state index in [1.807, 2.05) is 6.92 Å². The van der Waals surface area contributed by atoms with Gasteiger partial charge in [-0.2, -0.15) is 5.10 Å². The molecule has 1 unspecified atom stereocenters. The average molecular weight is 245 g/mol. The molecule has 0 spiro atoms. The first-order valence-corrected chi connectivity index (χ1v) is 5.68. The van der Waals surface area contributed by atoms with E-state index in [-0.39, 0.29) is 0 Å². The maximum absolute atomic E-state index is 11.4. The highest BCUT2D eigenvalue weighted by atomic mass is 35.5. The molecule has 1 heterocycles. The Balaban J connectivity index is 3.32. The van der Waals surface area contributed by atoms with Crippen LogP contribution in [0.2, 0.25) is 5.02 Å². The van der Waals surface area contributed by atoms with Crippen LogP contribution in [-0.4, -0.2) is 20.9 Å². The minimum absolute atomic E-state index is 0.528. The molecule has 0 saturated heterocycles. The summed E-state index contributed by atoms with van der Waals surface area (Å²) in [7, 11) is 0. The molecule has 0 aliphatic rings. The molecule has 1 atom stereocenters. The smallest absolute Gasteiger partial charge is 0.331 e. The van der Waals surface area contributed by atoms with E-state index in [0.717, 1.165) is 6.42 Å². The predicted molar refractivity (Wildman–Crippen MR) is 62.9 cm³/mol. The number of hydrogen-bond donors (Lipinski definition) is 1. The lowest BCUT2D eigenvalue weighted by Gasteiger charge is -2.26. The zero-order valence-electron chi connectivity index (χ0n) is 10.0. The van der Waals surface area contributed by atoms with Crippen LogP contribution >= 0.6 is 11.6 Å². The number of halogens is 1. The topological polar surface area (TPSA) is 55.1 Å². The van der Waals surface area contributed by atoms with E-state index < -0.39 is 11.5 Å². The molecule has 0 aliphatic carbocycles. The Labute approximate surface area is 100 Å². The molecule has 16 heavy (non-hydrogen) atoms. The molecule has 1 aromatic heterocycles. The Morgan fingerprint density at radius 2 is 2.12 bits per heavy atom. The van der Waals surface area contributed by atoms with Crippen molar-refractivity contribution in [1.29, 1.82) is 0 Å². The summed E-state index contributed by atoms with van der Waals surface area (Å²) in [5.41, 5.74) is 0.358. The standard InChI is InChI=1S/C11H17ClN2O2/c1-5-6-11(4,10(15)16)14-8(3)9(12)7(2)13-14/h5-6H2,1-4H3,(H,15,16). The van der Waals surface area contributed by atoms with Crippen LogP contribution in [0.5, 0.6) is 0 Å². The van der Waals surface area contributed by atoms with Gasteiger partial charge in [-0.3, -0.25) is 4.68 Å². The van der Waals surface area contributed by atoms with Gasteiger partial charge < -0.3 is 5.11 Å². The van der Waals surface area contributed by atoms with Crippen LogP contribution in [-0.2, 0) is 10.3 Å². The van der Waals surface area contributed by atoms with E-state index in [1.165, 1.54) is 4.68 Å². The second kappa shape index (κ2) is 4.45. The monoisotopic (exact) mass is 244 g/mol. The maximum atomic E-state index is 11.4. The fourth-order valence-corrected chi connectivity index (χ4v) is 2.01. The third-order valence-corrected chi connectivity index (χ3v) is 3.42. The van der Waals surface area contributed by atoms with Crippen LogP contribution in [0.25, 0.3) is 0 Å². The molecule has 0 fully saturated rings. The fourth-order valence-electron chi connectivity index (χ4n) is 1.89. The van der Waals surface area contributed by atoms with E-state index in [4.69, 9.17) is 11.6 Å². The van der Waals surface area contributed by atoms with Crippen molar-refractivity contribution >= 4 is 17.6 Å². The van der Waals surface area contributed by atoms with Crippen molar-refractivity contribution in [1.82, 2.24) is 9.78 Å². The van der Waals surface area contributed by atoms with Gasteiger partial charge in [0.1, 0.15) is 0 Å². The average Bonchev–Trinajstić information content (AvgIpc) is 2.46. The summed E-state index contributed by atoms with van der Waals surface area (Å²) >= 11 is 6.03. The summed E-state index contributed by atoms with van der Waals surface area (Å²) in [6.45, 7) is 7.20. The summed E-state index contributed by atoms with van der Waals surface area (Å²) in [4.78, 5) is 11.4. The summed E-state index contributed by atoms with van der Waals surface area (Å²) in [5.74, 6) is -0.878. The van der Waals surface area contributed by atoms with Gasteiger partial charge in [0.25, 0.3) is 0 Å². The van der Waals surface area contributed by atoms with Crippen molar-refractivity contribution in [3.63, 3.8) is 0 Å². The van der Waals surface area contributed by atoms with Gasteiger partial charge in [-0.25, -0.2) is 4.79 Å². The first-order valence-electron chi connectivity index (χ1n) is 5.30. The quantitative estimate of drug-likeness (QED) is 0.886. The third-order valence-electron chi connectivity index (χ3n) is 2.87. The fraction of sp³-hybridized carbons (Fsp3) is 0.636. The number of aliphatic carboxylic acids is 1. The number of aromatic nitrogens is 2. The Morgan fingerprint density at radius 3 is 2.44 bits per heavy atom. The summed E-state index contributed by atoms with van der Waals surface area (Å²) in [5, 5.41) is 14.1. The van der Waals surface area contributed by atoms with Crippen LogP contribution in [0.1, 0.15) is 38.1 Å². The van der Waals surface area contributed by atoms with Crippen molar-refractivity contribution in [2.24, 2.45) is 0 Å². The lowest BCUT2D eigenvalue weighted by Crippen LogP contribution is -2.40. The zero-order chi connectivity index (χ0) is 12.5. The van der Waals surface area contributed by atoms with E-state index in [1.54, 1.807) is 20.8 Å². The molecular weight excluding hydrogens is 228 g/mol. The largest absolute Gasteiger partial charge is 0.479 e. The summed E-state index contributed by atoms with van der Waals surface area (Å²) in [6, 6.07) is 0. The second-order valence-corrected chi connectivity index (χ2v) is 4.60. The number of carboxylic acids is 1. The molecule has 0 radical (unpaired) electrons. The second-order valence-electron chi connectivity index (χ2n) is 4.23. The van der Waals surface area contributed by atoms with Gasteiger partial charge >= 0.3 is 5.97 Å². The lowest BCUT2D eigenvalue weighted by atomic mass is 9.96. The molecule has 1 N–H and O–H groups in total. The summed E-state index contributed by atoms with van der Waals surface area (Å²) < 4.78 is 1.52. The maximum Gasteiger partial charge on any atom is 0.331 e. The van der Waals surface area contributed by atoms with Crippen molar-refractivity contribution in [3.05, 3.63) is 16.4 Å². The van der Waals surface area contributed by atoms with E-state index in [0.29, 0.717) is 22.8 Å². The van der Waals surface area contributed by atoms with Crippen molar-refractivity contribution in [3.8, 4) is 0 Å². The van der Waals surface area contributed by atoms with Crippen molar-refractivity contribution < 1.29 is 9.90 Å². The minimum atomic E-state index is -1.02. The first-order chi connectivity index (χ1) is 7.34. The van der Waals surface area contributed by atoms with E-state index in [2.05, 4.69) is 5.10 Å². The highest BCUT2D eigenvalue weighted by molar-refractivity contribution is 6.31. The minimum Gasteiger partial charge on any atom is -0.479 e. The number of carbonyl (C=O) groups is 1. The van der Waals surface area contributed by atoms with Gasteiger partial charge in [0.15, 0.2) is 5.54 Å². The van der Waals surface area contributed by atoms with Crippen LogP contribution in [0.4, 0.5) is 0 Å². The SMILES string of the molecule is CCCC(C)(C(=O)O)n1nc(C)c(Cl)c1C. The van der Waals surface area contributed by atoms with Crippen LogP contribution in [0.3, 0.4) is 0 Å². The van der Waals surface area contributed by atoms with Gasteiger partial charge in [0.2, 0.25) is 0 Å². The molecule has 0 bridgehead atoms. The normalized spacial score (nSPS) is 14.8. The number of rotatable bonds is 4. The Morgan fingerprint density at radius 1 is 1.56 bits per heavy atom. The lowest BCUT2D eigenvalue weighted by molar-refractivity contribution is -0.147. The molecule has 90 valence electrons. The first kappa shape index (κ1) is 13.0. The van der Waals surface area contributed by atoms with Gasteiger partial charge in [0.05, 0.1) is 16.4 Å². The predicted octanol–water partition coefficient (Wildman–Crippen LogP) is 2.75. The molecule has 1 aromatic rings. The van der Waals surface area contributed by atoms with Crippen LogP contribution in [0, 0.1) is 13.8 Å². The molecule has 4 nitrogen and oxygen atoms in total. The van der Waals surface area contributed by atoms with Crippen molar-refractivity contribution in [2.75, 3.05) is 0 Å². The number of hydrogen-bond acceptors (Lipinski definition) is 2. The Bertz CT molecular complexity index is 414.